The van der Waals surface area contributed by atoms with Gasteiger partial charge in [0.25, 0.3) is 0 Å². The molecule has 0 saturated carbocycles. The van der Waals surface area contributed by atoms with Crippen LogP contribution in [0.4, 0.5) is 0 Å². The van der Waals surface area contributed by atoms with Crippen molar-refractivity contribution >= 4 is 13.8 Å². The summed E-state index contributed by atoms with van der Waals surface area (Å²) in [6.07, 6.45) is 3.70. The fourth-order valence-corrected chi connectivity index (χ4v) is 2.19. The predicted octanol–water partition coefficient (Wildman–Crippen LogP) is 3.54. The largest absolute Gasteiger partial charge is 0.529 e. The number of carbonyl (C=O) groups is 1. The van der Waals surface area contributed by atoms with Gasteiger partial charge >= 0.3 is 13.8 Å². The van der Waals surface area contributed by atoms with Gasteiger partial charge in [0.2, 0.25) is 0 Å². The number of carbonyl (C=O) groups excluding carboxylic acids is 1. The van der Waals surface area contributed by atoms with Crippen molar-refractivity contribution in [1.29, 1.82) is 0 Å². The Hall–Kier alpha value is -1.16. The van der Waals surface area contributed by atoms with Gasteiger partial charge in [-0.15, -0.1) is 0 Å². The SMILES string of the molecule is CCCCCCOP(=O)(O)OC(=O)c1ccccc1. The second-order valence-corrected chi connectivity index (χ2v) is 5.49. The van der Waals surface area contributed by atoms with E-state index in [0.717, 1.165) is 19.3 Å². The fraction of sp³-hybridized carbons (Fsp3) is 0.462. The van der Waals surface area contributed by atoms with Gasteiger partial charge in [0, 0.05) is 0 Å². The molecule has 0 aliphatic rings. The van der Waals surface area contributed by atoms with Gasteiger partial charge < -0.3 is 4.52 Å². The lowest BCUT2D eigenvalue weighted by molar-refractivity contribution is 0.0641. The third kappa shape index (κ3) is 6.53. The summed E-state index contributed by atoms with van der Waals surface area (Å²) in [4.78, 5) is 21.0. The zero-order valence-corrected chi connectivity index (χ0v) is 11.8. The van der Waals surface area contributed by atoms with E-state index < -0.39 is 13.8 Å². The standard InChI is InChI=1S/C13H19O5P/c1-2-3-4-8-11-17-19(15,16)18-13(14)12-9-6-5-7-10-12/h5-7,9-10H,2-4,8,11H2,1H3,(H,15,16). The highest BCUT2D eigenvalue weighted by molar-refractivity contribution is 7.48. The zero-order valence-electron chi connectivity index (χ0n) is 10.9. The minimum absolute atomic E-state index is 0.107. The van der Waals surface area contributed by atoms with E-state index in [2.05, 4.69) is 11.4 Å². The third-order valence-corrected chi connectivity index (χ3v) is 3.37. The van der Waals surface area contributed by atoms with Crippen LogP contribution >= 0.6 is 7.82 Å². The third-order valence-electron chi connectivity index (χ3n) is 2.46. The lowest BCUT2D eigenvalue weighted by Crippen LogP contribution is -2.05. The fourth-order valence-electron chi connectivity index (χ4n) is 1.47. The van der Waals surface area contributed by atoms with Gasteiger partial charge in [-0.25, -0.2) is 9.36 Å². The summed E-state index contributed by atoms with van der Waals surface area (Å²) in [5.74, 6) is -0.861. The Morgan fingerprint density at radius 2 is 1.89 bits per heavy atom. The molecule has 0 amide bonds. The second-order valence-electron chi connectivity index (χ2n) is 4.11. The van der Waals surface area contributed by atoms with Crippen molar-refractivity contribution in [1.82, 2.24) is 0 Å². The molecule has 0 aliphatic heterocycles. The number of hydrogen-bond acceptors (Lipinski definition) is 4. The molecular formula is C13H19O5P. The molecule has 1 unspecified atom stereocenters. The molecule has 1 aromatic carbocycles. The first-order chi connectivity index (χ1) is 9.05. The van der Waals surface area contributed by atoms with E-state index in [1.54, 1.807) is 18.2 Å². The maximum atomic E-state index is 11.6. The zero-order chi connectivity index (χ0) is 14.1. The molecule has 0 saturated heterocycles. The first kappa shape index (κ1) is 15.9. The Kier molecular flexibility index (Phi) is 6.78. The average Bonchev–Trinajstić information content (AvgIpc) is 2.39. The van der Waals surface area contributed by atoms with Gasteiger partial charge in [-0.3, -0.25) is 9.42 Å². The smallest absolute Gasteiger partial charge is 0.367 e. The van der Waals surface area contributed by atoms with Crippen molar-refractivity contribution in [3.05, 3.63) is 35.9 Å². The molecule has 1 N–H and O–H groups in total. The summed E-state index contributed by atoms with van der Waals surface area (Å²) < 4.78 is 20.7. The molecule has 0 spiro atoms. The number of phosphoric acid groups is 1. The summed E-state index contributed by atoms with van der Waals surface area (Å²) in [7, 11) is -4.31. The molecule has 0 heterocycles. The van der Waals surface area contributed by atoms with Crippen LogP contribution in [0.15, 0.2) is 30.3 Å². The Bertz CT molecular complexity index is 432. The Labute approximate surface area is 113 Å². The normalized spacial score (nSPS) is 13.8. The van der Waals surface area contributed by atoms with Gasteiger partial charge in [0.05, 0.1) is 12.2 Å². The van der Waals surface area contributed by atoms with Gasteiger partial charge in [0.1, 0.15) is 0 Å². The molecule has 19 heavy (non-hydrogen) atoms. The molecule has 1 rings (SSSR count). The van der Waals surface area contributed by atoms with Crippen LogP contribution in [0.2, 0.25) is 0 Å². The first-order valence-electron chi connectivity index (χ1n) is 6.31. The van der Waals surface area contributed by atoms with E-state index in [1.807, 2.05) is 0 Å². The van der Waals surface area contributed by atoms with Crippen LogP contribution in [0.3, 0.4) is 0 Å². The van der Waals surface area contributed by atoms with Crippen molar-refractivity contribution in [3.63, 3.8) is 0 Å². The molecule has 1 atom stereocenters. The van der Waals surface area contributed by atoms with Crippen LogP contribution in [0.25, 0.3) is 0 Å². The van der Waals surface area contributed by atoms with E-state index in [-0.39, 0.29) is 12.2 Å². The first-order valence-corrected chi connectivity index (χ1v) is 7.81. The Morgan fingerprint density at radius 3 is 2.53 bits per heavy atom. The minimum Gasteiger partial charge on any atom is -0.367 e. The van der Waals surface area contributed by atoms with E-state index >= 15 is 0 Å². The average molecular weight is 286 g/mol. The summed E-state index contributed by atoms with van der Waals surface area (Å²) in [6, 6.07) is 8.03. The van der Waals surface area contributed by atoms with Gasteiger partial charge in [0.15, 0.2) is 0 Å². The number of unbranched alkanes of at least 4 members (excludes halogenated alkanes) is 3. The van der Waals surface area contributed by atoms with Gasteiger partial charge in [-0.05, 0) is 18.6 Å². The van der Waals surface area contributed by atoms with Crippen LogP contribution in [-0.4, -0.2) is 17.5 Å². The van der Waals surface area contributed by atoms with E-state index in [4.69, 9.17) is 4.52 Å². The number of hydrogen-bond donors (Lipinski definition) is 1. The highest BCUT2D eigenvalue weighted by atomic mass is 31.2. The number of benzene rings is 1. The second kappa shape index (κ2) is 8.10. The maximum Gasteiger partial charge on any atom is 0.529 e. The molecule has 0 aliphatic carbocycles. The predicted molar refractivity (Wildman–Crippen MR) is 71.8 cm³/mol. The molecular weight excluding hydrogens is 267 g/mol. The molecule has 5 nitrogen and oxygen atoms in total. The van der Waals surface area contributed by atoms with Crippen LogP contribution in [0.5, 0.6) is 0 Å². The summed E-state index contributed by atoms with van der Waals surface area (Å²) in [5.41, 5.74) is 0.214. The quantitative estimate of drug-likeness (QED) is 0.584. The highest BCUT2D eigenvalue weighted by Gasteiger charge is 2.26. The van der Waals surface area contributed by atoms with E-state index in [1.165, 1.54) is 12.1 Å². The molecule has 0 aromatic heterocycles. The number of phosphoric ester groups is 1. The van der Waals surface area contributed by atoms with Crippen molar-refractivity contribution in [2.45, 2.75) is 32.6 Å². The molecule has 0 bridgehead atoms. The van der Waals surface area contributed by atoms with E-state index in [0.29, 0.717) is 6.42 Å². The Balaban J connectivity index is 2.37. The highest BCUT2D eigenvalue weighted by Crippen LogP contribution is 2.44. The van der Waals surface area contributed by atoms with Crippen molar-refractivity contribution in [2.75, 3.05) is 6.61 Å². The van der Waals surface area contributed by atoms with Gasteiger partial charge in [-0.1, -0.05) is 44.4 Å². The van der Waals surface area contributed by atoms with E-state index in [9.17, 15) is 14.3 Å². The lowest BCUT2D eigenvalue weighted by atomic mass is 10.2. The molecule has 0 radical (unpaired) electrons. The lowest BCUT2D eigenvalue weighted by Gasteiger charge is -2.11. The van der Waals surface area contributed by atoms with Crippen LogP contribution < -0.4 is 0 Å². The summed E-state index contributed by atoms with van der Waals surface area (Å²) >= 11 is 0. The van der Waals surface area contributed by atoms with Crippen molar-refractivity contribution in [2.24, 2.45) is 0 Å². The van der Waals surface area contributed by atoms with Crippen LogP contribution in [0.1, 0.15) is 43.0 Å². The molecule has 6 heteroatoms. The van der Waals surface area contributed by atoms with Crippen LogP contribution in [0, 0.1) is 0 Å². The topological polar surface area (TPSA) is 72.8 Å². The molecule has 106 valence electrons. The molecule has 1 aromatic rings. The maximum absolute atomic E-state index is 11.6. The van der Waals surface area contributed by atoms with Gasteiger partial charge in [-0.2, -0.15) is 0 Å². The monoisotopic (exact) mass is 286 g/mol. The summed E-state index contributed by atoms with van der Waals surface area (Å²) in [5, 5.41) is 0. The Morgan fingerprint density at radius 1 is 1.21 bits per heavy atom. The summed E-state index contributed by atoms with van der Waals surface area (Å²) in [6.45, 7) is 2.18. The molecule has 0 fully saturated rings. The van der Waals surface area contributed by atoms with Crippen molar-refractivity contribution < 1.29 is 23.3 Å². The van der Waals surface area contributed by atoms with Crippen molar-refractivity contribution in [3.8, 4) is 0 Å². The van der Waals surface area contributed by atoms with Crippen LogP contribution in [-0.2, 0) is 13.6 Å². The minimum atomic E-state index is -4.31. The number of rotatable bonds is 8.